The molecule has 0 unspecified atom stereocenters. The number of H-pyrrole nitrogens is 1. The van der Waals surface area contributed by atoms with Crippen LogP contribution >= 0.6 is 0 Å². The molecule has 3 N–H and O–H groups in total. The smallest absolute Gasteiger partial charge is 0.413 e. The molecule has 9 heteroatoms. The molecule has 3 rings (SSSR count). The monoisotopic (exact) mass is 342 g/mol. The number of anilines is 1. The second-order valence-electron chi connectivity index (χ2n) is 4.90. The highest BCUT2D eigenvalue weighted by atomic mass is 16.5. The van der Waals surface area contributed by atoms with Crippen LogP contribution in [0, 0.1) is 0 Å². The van der Waals surface area contributed by atoms with Gasteiger partial charge in [0.1, 0.15) is 17.0 Å². The number of rotatable bonds is 5. The van der Waals surface area contributed by atoms with E-state index in [1.165, 1.54) is 18.3 Å². The molecular weight excluding hydrogens is 328 g/mol. The van der Waals surface area contributed by atoms with Crippen LogP contribution in [0.5, 0.6) is 11.5 Å². The van der Waals surface area contributed by atoms with Crippen LogP contribution in [0.1, 0.15) is 17.3 Å². The summed E-state index contributed by atoms with van der Waals surface area (Å²) in [4.78, 5) is 33.4. The van der Waals surface area contributed by atoms with Gasteiger partial charge in [-0.15, -0.1) is 0 Å². The first kappa shape index (κ1) is 16.2. The van der Waals surface area contributed by atoms with E-state index in [1.54, 1.807) is 25.1 Å². The fraction of sp³-hybridized carbons (Fsp3) is 0.125. The number of hydrogen-bond donors (Lipinski definition) is 3. The first-order chi connectivity index (χ1) is 12.0. The number of fused-ring (bicyclic) bond motifs is 1. The average molecular weight is 342 g/mol. The molecule has 0 atom stereocenters. The Hall–Kier alpha value is -3.62. The van der Waals surface area contributed by atoms with Crippen LogP contribution in [0.15, 0.2) is 36.5 Å². The van der Waals surface area contributed by atoms with E-state index in [2.05, 4.69) is 20.3 Å². The fourth-order valence-corrected chi connectivity index (χ4v) is 2.06. The molecule has 0 aliphatic carbocycles. The molecule has 2 heterocycles. The number of imidazole rings is 1. The summed E-state index contributed by atoms with van der Waals surface area (Å²) in [6, 6.07) is 7.62. The zero-order valence-electron chi connectivity index (χ0n) is 13.1. The molecule has 0 saturated carbocycles. The third-order valence-electron chi connectivity index (χ3n) is 3.14. The number of carboxylic acids is 1. The number of aromatic nitrogens is 3. The minimum atomic E-state index is -1.01. The number of pyridine rings is 1. The lowest BCUT2D eigenvalue weighted by atomic mass is 10.2. The number of benzene rings is 1. The summed E-state index contributed by atoms with van der Waals surface area (Å²) >= 11 is 0. The Bertz CT molecular complexity index is 920. The maximum Gasteiger partial charge on any atom is 0.413 e. The van der Waals surface area contributed by atoms with Gasteiger partial charge in [-0.05, 0) is 31.2 Å². The third kappa shape index (κ3) is 3.83. The highest BCUT2D eigenvalue weighted by Crippen LogP contribution is 2.24. The van der Waals surface area contributed by atoms with Crippen LogP contribution in [-0.2, 0) is 4.74 Å². The summed E-state index contributed by atoms with van der Waals surface area (Å²) in [7, 11) is 0. The Labute approximate surface area is 141 Å². The number of carbonyl (C=O) groups excluding carboxylic acids is 1. The predicted molar refractivity (Wildman–Crippen MR) is 88.0 cm³/mol. The number of ether oxygens (including phenoxy) is 2. The normalized spacial score (nSPS) is 10.4. The van der Waals surface area contributed by atoms with Gasteiger partial charge in [-0.1, -0.05) is 0 Å². The number of hydrogen-bond acceptors (Lipinski definition) is 6. The van der Waals surface area contributed by atoms with Crippen molar-refractivity contribution in [2.24, 2.45) is 0 Å². The van der Waals surface area contributed by atoms with E-state index in [1.807, 2.05) is 0 Å². The number of carboxylic acid groups (broad SMARTS) is 1. The molecule has 0 spiro atoms. The number of aromatic carboxylic acids is 1. The lowest BCUT2D eigenvalue weighted by Crippen LogP contribution is -2.14. The van der Waals surface area contributed by atoms with Gasteiger partial charge >= 0.3 is 12.1 Å². The van der Waals surface area contributed by atoms with E-state index >= 15 is 0 Å². The van der Waals surface area contributed by atoms with Gasteiger partial charge in [-0.25, -0.2) is 19.6 Å². The minimum absolute atomic E-state index is 0.169. The van der Waals surface area contributed by atoms with E-state index in [0.29, 0.717) is 22.7 Å². The molecule has 0 aliphatic heterocycles. The number of nitrogens with zero attached hydrogens (tertiary/aromatic N) is 2. The van der Waals surface area contributed by atoms with Crippen LogP contribution in [0.3, 0.4) is 0 Å². The van der Waals surface area contributed by atoms with Crippen LogP contribution in [0.2, 0.25) is 0 Å². The van der Waals surface area contributed by atoms with Crippen molar-refractivity contribution in [2.75, 3.05) is 11.9 Å². The van der Waals surface area contributed by atoms with Gasteiger partial charge in [0, 0.05) is 6.07 Å². The highest BCUT2D eigenvalue weighted by Gasteiger charge is 2.10. The average Bonchev–Trinajstić information content (AvgIpc) is 2.97. The van der Waals surface area contributed by atoms with Crippen molar-refractivity contribution in [3.63, 3.8) is 0 Å². The number of carbonyl (C=O) groups is 2. The van der Waals surface area contributed by atoms with Gasteiger partial charge in [0.2, 0.25) is 5.95 Å². The maximum absolute atomic E-state index is 11.4. The van der Waals surface area contributed by atoms with Gasteiger partial charge in [-0.3, -0.25) is 5.32 Å². The van der Waals surface area contributed by atoms with E-state index < -0.39 is 12.1 Å². The summed E-state index contributed by atoms with van der Waals surface area (Å²) in [5.41, 5.74) is 1.13. The molecule has 2 aromatic heterocycles. The van der Waals surface area contributed by atoms with Crippen LogP contribution in [-0.4, -0.2) is 38.7 Å². The molecule has 0 fully saturated rings. The summed E-state index contributed by atoms with van der Waals surface area (Å²) in [5, 5.41) is 11.3. The topological polar surface area (TPSA) is 126 Å². The molecule has 0 aliphatic rings. The van der Waals surface area contributed by atoms with Crippen molar-refractivity contribution in [2.45, 2.75) is 6.92 Å². The van der Waals surface area contributed by atoms with E-state index in [0.717, 1.165) is 0 Å². The molecule has 0 bridgehead atoms. The van der Waals surface area contributed by atoms with Crippen molar-refractivity contribution in [1.82, 2.24) is 15.0 Å². The van der Waals surface area contributed by atoms with E-state index in [-0.39, 0.29) is 18.1 Å². The van der Waals surface area contributed by atoms with Crippen molar-refractivity contribution in [3.8, 4) is 11.5 Å². The Balaban J connectivity index is 1.76. The van der Waals surface area contributed by atoms with Gasteiger partial charge < -0.3 is 19.6 Å². The van der Waals surface area contributed by atoms with Crippen molar-refractivity contribution < 1.29 is 24.2 Å². The maximum atomic E-state index is 11.4. The van der Waals surface area contributed by atoms with Crippen molar-refractivity contribution in [1.29, 1.82) is 0 Å². The van der Waals surface area contributed by atoms with Gasteiger partial charge in [0.15, 0.2) is 5.65 Å². The largest absolute Gasteiger partial charge is 0.478 e. The third-order valence-corrected chi connectivity index (χ3v) is 3.14. The molecule has 0 radical (unpaired) electrons. The summed E-state index contributed by atoms with van der Waals surface area (Å²) in [6.45, 7) is 1.95. The van der Waals surface area contributed by atoms with Gasteiger partial charge in [0.05, 0.1) is 18.4 Å². The van der Waals surface area contributed by atoms with Crippen LogP contribution in [0.4, 0.5) is 10.7 Å². The predicted octanol–water partition coefficient (Wildman–Crippen LogP) is 3.02. The number of amides is 1. The number of aromatic amines is 1. The Morgan fingerprint density at radius 3 is 2.68 bits per heavy atom. The lowest BCUT2D eigenvalue weighted by Gasteiger charge is -2.05. The quantitative estimate of drug-likeness (QED) is 0.650. The SMILES string of the molecule is CCOC(=O)Nc1nc2cc(Oc3ccc(C(=O)O)cc3)cnc2[nH]1. The summed E-state index contributed by atoms with van der Waals surface area (Å²) < 4.78 is 10.4. The molecule has 1 amide bonds. The van der Waals surface area contributed by atoms with Gasteiger partial charge in [-0.2, -0.15) is 0 Å². The van der Waals surface area contributed by atoms with E-state index in [9.17, 15) is 9.59 Å². The van der Waals surface area contributed by atoms with E-state index in [4.69, 9.17) is 14.6 Å². The molecule has 1 aromatic carbocycles. The Morgan fingerprint density at radius 2 is 2.00 bits per heavy atom. The summed E-state index contributed by atoms with van der Waals surface area (Å²) in [5.74, 6) is 0.0908. The molecule has 128 valence electrons. The Kier molecular flexibility index (Phi) is 4.46. The zero-order chi connectivity index (χ0) is 17.8. The second-order valence-corrected chi connectivity index (χ2v) is 4.90. The van der Waals surface area contributed by atoms with Crippen LogP contribution < -0.4 is 10.1 Å². The highest BCUT2D eigenvalue weighted by molar-refractivity contribution is 5.87. The Morgan fingerprint density at radius 1 is 1.24 bits per heavy atom. The number of nitrogens with one attached hydrogen (secondary N) is 2. The second kappa shape index (κ2) is 6.87. The van der Waals surface area contributed by atoms with Gasteiger partial charge in [0.25, 0.3) is 0 Å². The molecule has 9 nitrogen and oxygen atoms in total. The standard InChI is InChI=1S/C16H14N4O5/c1-2-24-16(23)20-15-18-12-7-11(8-17-13(12)19-15)25-10-5-3-9(4-6-10)14(21)22/h3-8H,2H2,1H3,(H,21,22)(H2,17,18,19,20,23). The molecule has 3 aromatic rings. The summed E-state index contributed by atoms with van der Waals surface area (Å²) in [6.07, 6.45) is 0.872. The molecule has 25 heavy (non-hydrogen) atoms. The van der Waals surface area contributed by atoms with Crippen molar-refractivity contribution >= 4 is 29.2 Å². The molecular formula is C16H14N4O5. The lowest BCUT2D eigenvalue weighted by molar-refractivity contribution is 0.0697. The van der Waals surface area contributed by atoms with Crippen molar-refractivity contribution in [3.05, 3.63) is 42.1 Å². The first-order valence-corrected chi connectivity index (χ1v) is 7.36. The van der Waals surface area contributed by atoms with Crippen LogP contribution in [0.25, 0.3) is 11.2 Å². The minimum Gasteiger partial charge on any atom is -0.478 e. The zero-order valence-corrected chi connectivity index (χ0v) is 13.1. The fourth-order valence-electron chi connectivity index (χ4n) is 2.06. The molecule has 0 saturated heterocycles. The first-order valence-electron chi connectivity index (χ1n) is 7.36.